The highest BCUT2D eigenvalue weighted by Crippen LogP contribution is 2.36. The van der Waals surface area contributed by atoms with Crippen molar-refractivity contribution in [3.05, 3.63) is 105 Å². The van der Waals surface area contributed by atoms with Gasteiger partial charge in [-0.25, -0.2) is 0 Å². The van der Waals surface area contributed by atoms with Crippen LogP contribution >= 0.6 is 27.5 Å². The molecule has 0 saturated carbocycles. The maximum Gasteiger partial charge on any atom is 0.262 e. The number of ether oxygens (including phenoxy) is 1. The van der Waals surface area contributed by atoms with E-state index < -0.39 is 0 Å². The molecule has 1 aliphatic rings. The number of methoxy groups -OCH3 is 1. The van der Waals surface area contributed by atoms with Gasteiger partial charge in [-0.05, 0) is 69.5 Å². The molecule has 1 aliphatic heterocycles. The van der Waals surface area contributed by atoms with Crippen LogP contribution in [0.1, 0.15) is 11.1 Å². The van der Waals surface area contributed by atoms with Crippen molar-refractivity contribution < 1.29 is 9.53 Å². The Kier molecular flexibility index (Phi) is 5.56. The largest absolute Gasteiger partial charge is 0.496 e. The van der Waals surface area contributed by atoms with Crippen molar-refractivity contribution in [3.63, 3.8) is 0 Å². The topological polar surface area (TPSA) is 29.5 Å². The maximum atomic E-state index is 13.3. The second-order valence-electron chi connectivity index (χ2n) is 6.51. The van der Waals surface area contributed by atoms with Gasteiger partial charge in [-0.3, -0.25) is 9.69 Å². The first kappa shape index (κ1) is 19.5. The minimum Gasteiger partial charge on any atom is -0.496 e. The first-order chi connectivity index (χ1) is 14.1. The molecule has 0 fully saturated rings. The van der Waals surface area contributed by atoms with Crippen LogP contribution < -0.4 is 9.64 Å². The average Bonchev–Trinajstić information content (AvgIpc) is 3.05. The molecule has 144 valence electrons. The smallest absolute Gasteiger partial charge is 0.262 e. The molecule has 29 heavy (non-hydrogen) atoms. The molecule has 0 saturated heterocycles. The van der Waals surface area contributed by atoms with Gasteiger partial charge in [0.15, 0.2) is 0 Å². The highest BCUT2D eigenvalue weighted by molar-refractivity contribution is 9.10. The molecule has 1 amide bonds. The fourth-order valence-corrected chi connectivity index (χ4v) is 4.00. The number of rotatable bonds is 4. The van der Waals surface area contributed by atoms with Crippen molar-refractivity contribution in [2.24, 2.45) is 0 Å². The lowest BCUT2D eigenvalue weighted by Crippen LogP contribution is -2.24. The molecule has 0 aliphatic carbocycles. The summed E-state index contributed by atoms with van der Waals surface area (Å²) in [5.41, 5.74) is 4.01. The molecule has 0 atom stereocenters. The molecule has 0 bridgehead atoms. The Bertz CT molecular complexity index is 1140. The van der Waals surface area contributed by atoms with Crippen LogP contribution in [-0.4, -0.2) is 13.0 Å². The lowest BCUT2D eigenvalue weighted by molar-refractivity contribution is -0.113. The first-order valence-electron chi connectivity index (χ1n) is 8.99. The number of hydrogen-bond donors (Lipinski definition) is 0. The number of benzene rings is 3. The Morgan fingerprint density at radius 3 is 2.48 bits per heavy atom. The summed E-state index contributed by atoms with van der Waals surface area (Å²) in [7, 11) is 1.62. The summed E-state index contributed by atoms with van der Waals surface area (Å²) in [5.74, 6) is 0.643. The summed E-state index contributed by atoms with van der Waals surface area (Å²) in [4.78, 5) is 15.0. The normalized spacial score (nSPS) is 15.0. The Labute approximate surface area is 183 Å². The van der Waals surface area contributed by atoms with Gasteiger partial charge in [0.1, 0.15) is 5.75 Å². The minimum absolute atomic E-state index is 0.0990. The molecule has 0 unspecified atom stereocenters. The lowest BCUT2D eigenvalue weighted by atomic mass is 10.1. The lowest BCUT2D eigenvalue weighted by Gasteiger charge is -2.21. The van der Waals surface area contributed by atoms with Crippen molar-refractivity contribution in [2.75, 3.05) is 12.0 Å². The van der Waals surface area contributed by atoms with Crippen LogP contribution in [0, 0.1) is 0 Å². The summed E-state index contributed by atoms with van der Waals surface area (Å²) in [5, 5.41) is 0.583. The highest BCUT2D eigenvalue weighted by atomic mass is 79.9. The third-order valence-electron chi connectivity index (χ3n) is 4.62. The van der Waals surface area contributed by atoms with Gasteiger partial charge in [0, 0.05) is 10.6 Å². The van der Waals surface area contributed by atoms with Crippen molar-refractivity contribution in [3.8, 4) is 5.75 Å². The van der Waals surface area contributed by atoms with Crippen molar-refractivity contribution in [1.82, 2.24) is 0 Å². The first-order valence-corrected chi connectivity index (χ1v) is 10.2. The van der Waals surface area contributed by atoms with Crippen LogP contribution in [0.4, 0.5) is 5.69 Å². The summed E-state index contributed by atoms with van der Waals surface area (Å²) in [6.07, 6.45) is 3.79. The van der Waals surface area contributed by atoms with Gasteiger partial charge in [0.2, 0.25) is 0 Å². The van der Waals surface area contributed by atoms with Gasteiger partial charge in [-0.1, -0.05) is 54.1 Å². The monoisotopic (exact) mass is 465 g/mol. The molecular weight excluding hydrogens is 450 g/mol. The van der Waals surface area contributed by atoms with E-state index in [2.05, 4.69) is 15.9 Å². The van der Waals surface area contributed by atoms with Crippen molar-refractivity contribution >= 4 is 50.9 Å². The summed E-state index contributed by atoms with van der Waals surface area (Å²) in [6.45, 7) is 0. The van der Waals surface area contributed by atoms with Crippen LogP contribution in [0.25, 0.3) is 11.8 Å². The quantitative estimate of drug-likeness (QED) is 0.406. The zero-order valence-corrected chi connectivity index (χ0v) is 17.9. The summed E-state index contributed by atoms with van der Waals surface area (Å²) in [6, 6.07) is 22.9. The number of hydrogen-bond acceptors (Lipinski definition) is 2. The number of halogens is 2. The fourth-order valence-electron chi connectivity index (χ4n) is 3.26. The van der Waals surface area contributed by atoms with E-state index in [1.165, 1.54) is 0 Å². The zero-order chi connectivity index (χ0) is 20.4. The second-order valence-corrected chi connectivity index (χ2v) is 7.80. The predicted molar refractivity (Wildman–Crippen MR) is 122 cm³/mol. The molecule has 0 N–H and O–H groups in total. The van der Waals surface area contributed by atoms with Gasteiger partial charge in [0.05, 0.1) is 23.0 Å². The van der Waals surface area contributed by atoms with E-state index in [0.29, 0.717) is 10.6 Å². The van der Waals surface area contributed by atoms with Crippen LogP contribution in [-0.2, 0) is 4.79 Å². The van der Waals surface area contributed by atoms with Gasteiger partial charge in [0.25, 0.3) is 5.91 Å². The molecule has 0 aromatic heterocycles. The molecule has 0 radical (unpaired) electrons. The van der Waals surface area contributed by atoms with E-state index in [1.807, 2.05) is 72.8 Å². The number of nitrogens with zero attached hydrogens (tertiary/aromatic N) is 1. The molecule has 3 nitrogen and oxygen atoms in total. The third kappa shape index (κ3) is 4.00. The Balaban J connectivity index is 1.81. The van der Waals surface area contributed by atoms with E-state index >= 15 is 0 Å². The average molecular weight is 467 g/mol. The number of amides is 1. The van der Waals surface area contributed by atoms with Crippen LogP contribution in [0.15, 0.2) is 88.9 Å². The van der Waals surface area contributed by atoms with Gasteiger partial charge < -0.3 is 4.74 Å². The van der Waals surface area contributed by atoms with Gasteiger partial charge >= 0.3 is 0 Å². The minimum atomic E-state index is -0.0990. The third-order valence-corrected chi connectivity index (χ3v) is 5.47. The SMILES string of the molecule is COc1ccc(/C=C2/C=C(c3ccccc3)N(c3cccc(Cl)c3)C2=O)cc1Br. The summed E-state index contributed by atoms with van der Waals surface area (Å²) < 4.78 is 6.12. The van der Waals surface area contributed by atoms with Crippen LogP contribution in [0.2, 0.25) is 5.02 Å². The van der Waals surface area contributed by atoms with Gasteiger partial charge in [-0.15, -0.1) is 0 Å². The fraction of sp³-hybridized carbons (Fsp3) is 0.0417. The van der Waals surface area contributed by atoms with E-state index in [4.69, 9.17) is 16.3 Å². The molecule has 3 aromatic rings. The number of anilines is 1. The van der Waals surface area contributed by atoms with Crippen LogP contribution in [0.3, 0.4) is 0 Å². The van der Waals surface area contributed by atoms with Crippen molar-refractivity contribution in [2.45, 2.75) is 0 Å². The highest BCUT2D eigenvalue weighted by Gasteiger charge is 2.30. The molecule has 3 aromatic carbocycles. The molecule has 5 heteroatoms. The van der Waals surface area contributed by atoms with E-state index in [1.54, 1.807) is 24.1 Å². The molecular formula is C24H17BrClNO2. The number of carbonyl (C=O) groups excluding carboxylic acids is 1. The standard InChI is InChI=1S/C24H17BrClNO2/c1-29-23-11-10-16(13-21(23)25)12-18-14-22(17-6-3-2-4-7-17)27(24(18)28)20-9-5-8-19(26)15-20/h2-15H,1H3/b18-12-. The Morgan fingerprint density at radius 2 is 1.79 bits per heavy atom. The molecule has 0 spiro atoms. The van der Waals surface area contributed by atoms with Crippen molar-refractivity contribution in [1.29, 1.82) is 0 Å². The number of carbonyl (C=O) groups is 1. The van der Waals surface area contributed by atoms with Gasteiger partial charge in [-0.2, -0.15) is 0 Å². The maximum absolute atomic E-state index is 13.3. The zero-order valence-electron chi connectivity index (χ0n) is 15.6. The Morgan fingerprint density at radius 1 is 1.00 bits per heavy atom. The van der Waals surface area contributed by atoms with E-state index in [0.717, 1.165) is 32.7 Å². The summed E-state index contributed by atoms with van der Waals surface area (Å²) >= 11 is 9.68. The molecule has 4 rings (SSSR count). The predicted octanol–water partition coefficient (Wildman–Crippen LogP) is 6.58. The molecule has 1 heterocycles. The second kappa shape index (κ2) is 8.27. The van der Waals surface area contributed by atoms with E-state index in [-0.39, 0.29) is 5.91 Å². The Hall–Kier alpha value is -2.82. The van der Waals surface area contributed by atoms with E-state index in [9.17, 15) is 4.79 Å². The van der Waals surface area contributed by atoms with Crippen LogP contribution in [0.5, 0.6) is 5.75 Å².